The number of aromatic hydroxyl groups is 1. The number of ether oxygens (including phenoxy) is 1. The van der Waals surface area contributed by atoms with E-state index in [0.29, 0.717) is 6.61 Å². The quantitative estimate of drug-likeness (QED) is 0.587. The second kappa shape index (κ2) is 5.21. The van der Waals surface area contributed by atoms with E-state index in [1.807, 2.05) is 6.92 Å². The molecule has 0 unspecified atom stereocenters. The number of aromatic nitrogens is 1. The first-order chi connectivity index (χ1) is 6.75. The van der Waals surface area contributed by atoms with Gasteiger partial charge >= 0.3 is 5.97 Å². The summed E-state index contributed by atoms with van der Waals surface area (Å²) in [7, 11) is 0. The zero-order valence-corrected chi connectivity index (χ0v) is 8.06. The third-order valence-corrected chi connectivity index (χ3v) is 1.71. The monoisotopic (exact) mass is 195 g/mol. The molecule has 76 valence electrons. The standard InChI is InChI=1S/C10H13NO3/c1-2-3-7-14-10(13)9-8(12)5-4-6-11-9/h4-6,12H,2-3,7H2,1H3. The van der Waals surface area contributed by atoms with Crippen LogP contribution < -0.4 is 0 Å². The van der Waals surface area contributed by atoms with Crippen molar-refractivity contribution in [3.8, 4) is 5.75 Å². The number of nitrogens with zero attached hydrogens (tertiary/aromatic N) is 1. The van der Waals surface area contributed by atoms with Crippen LogP contribution in [0.25, 0.3) is 0 Å². The number of hydrogen-bond donors (Lipinski definition) is 1. The highest BCUT2D eigenvalue weighted by molar-refractivity contribution is 5.89. The average molecular weight is 195 g/mol. The normalized spacial score (nSPS) is 9.79. The molecule has 1 aromatic heterocycles. The zero-order valence-electron chi connectivity index (χ0n) is 8.06. The minimum Gasteiger partial charge on any atom is -0.505 e. The molecule has 1 N–H and O–H groups in total. The van der Waals surface area contributed by atoms with Crippen LogP contribution in [-0.2, 0) is 4.74 Å². The Bertz CT molecular complexity index is 312. The van der Waals surface area contributed by atoms with Crippen LogP contribution in [0.1, 0.15) is 30.3 Å². The van der Waals surface area contributed by atoms with Gasteiger partial charge in [0.05, 0.1) is 6.61 Å². The molecule has 0 saturated carbocycles. The molecule has 0 saturated heterocycles. The van der Waals surface area contributed by atoms with Crippen molar-refractivity contribution in [3.05, 3.63) is 24.0 Å². The lowest BCUT2D eigenvalue weighted by Gasteiger charge is -2.03. The second-order valence-corrected chi connectivity index (χ2v) is 2.86. The molecule has 0 aliphatic rings. The molecular formula is C10H13NO3. The molecule has 0 aromatic carbocycles. The average Bonchev–Trinajstić information content (AvgIpc) is 2.18. The van der Waals surface area contributed by atoms with Crippen molar-refractivity contribution in [2.24, 2.45) is 0 Å². The van der Waals surface area contributed by atoms with E-state index in [1.165, 1.54) is 12.3 Å². The molecule has 1 rings (SSSR count). The molecule has 1 aromatic rings. The predicted molar refractivity (Wildman–Crippen MR) is 51.1 cm³/mol. The lowest BCUT2D eigenvalue weighted by Crippen LogP contribution is -2.08. The Morgan fingerprint density at radius 2 is 2.43 bits per heavy atom. The van der Waals surface area contributed by atoms with Gasteiger partial charge in [0.15, 0.2) is 5.69 Å². The first-order valence-corrected chi connectivity index (χ1v) is 4.56. The Hall–Kier alpha value is -1.58. The molecule has 14 heavy (non-hydrogen) atoms. The SMILES string of the molecule is CCCCOC(=O)c1ncccc1O. The highest BCUT2D eigenvalue weighted by Gasteiger charge is 2.12. The Labute approximate surface area is 82.5 Å². The fourth-order valence-electron chi connectivity index (χ4n) is 0.932. The summed E-state index contributed by atoms with van der Waals surface area (Å²) in [4.78, 5) is 15.0. The summed E-state index contributed by atoms with van der Waals surface area (Å²) in [6.07, 6.45) is 3.22. The summed E-state index contributed by atoms with van der Waals surface area (Å²) >= 11 is 0. The van der Waals surface area contributed by atoms with E-state index < -0.39 is 5.97 Å². The molecular weight excluding hydrogens is 182 g/mol. The fraction of sp³-hybridized carbons (Fsp3) is 0.400. The Balaban J connectivity index is 2.56. The fourth-order valence-corrected chi connectivity index (χ4v) is 0.932. The van der Waals surface area contributed by atoms with Crippen LogP contribution in [0.2, 0.25) is 0 Å². The van der Waals surface area contributed by atoms with Crippen molar-refractivity contribution < 1.29 is 14.6 Å². The molecule has 0 atom stereocenters. The van der Waals surface area contributed by atoms with Gasteiger partial charge in [-0.05, 0) is 18.6 Å². The Kier molecular flexibility index (Phi) is 3.91. The molecule has 0 bridgehead atoms. The minimum atomic E-state index is -0.573. The maximum absolute atomic E-state index is 11.3. The minimum absolute atomic E-state index is 0.0244. The summed E-state index contributed by atoms with van der Waals surface area (Å²) in [5, 5.41) is 9.27. The van der Waals surface area contributed by atoms with Crippen LogP contribution in [-0.4, -0.2) is 22.7 Å². The van der Waals surface area contributed by atoms with Gasteiger partial charge in [-0.3, -0.25) is 0 Å². The second-order valence-electron chi connectivity index (χ2n) is 2.86. The maximum atomic E-state index is 11.3. The third kappa shape index (κ3) is 2.73. The summed E-state index contributed by atoms with van der Waals surface area (Å²) in [6.45, 7) is 2.37. The topological polar surface area (TPSA) is 59.4 Å². The Morgan fingerprint density at radius 3 is 3.07 bits per heavy atom. The highest BCUT2D eigenvalue weighted by Crippen LogP contribution is 2.13. The summed E-state index contributed by atoms with van der Waals surface area (Å²) in [5.41, 5.74) is -0.0244. The lowest BCUT2D eigenvalue weighted by molar-refractivity contribution is 0.0489. The molecule has 0 radical (unpaired) electrons. The van der Waals surface area contributed by atoms with Crippen molar-refractivity contribution in [1.82, 2.24) is 4.98 Å². The molecule has 0 fully saturated rings. The molecule has 0 amide bonds. The molecule has 4 heteroatoms. The first-order valence-electron chi connectivity index (χ1n) is 4.56. The van der Waals surface area contributed by atoms with Gasteiger partial charge in [-0.2, -0.15) is 0 Å². The van der Waals surface area contributed by atoms with E-state index >= 15 is 0 Å². The van der Waals surface area contributed by atoms with Crippen LogP contribution in [0, 0.1) is 0 Å². The lowest BCUT2D eigenvalue weighted by atomic mass is 10.3. The zero-order chi connectivity index (χ0) is 10.4. The van der Waals surface area contributed by atoms with Crippen molar-refractivity contribution in [2.45, 2.75) is 19.8 Å². The van der Waals surface area contributed by atoms with Gasteiger partial charge in [0, 0.05) is 6.20 Å². The van der Waals surface area contributed by atoms with Crippen molar-refractivity contribution >= 4 is 5.97 Å². The number of carbonyl (C=O) groups is 1. The number of carbonyl (C=O) groups excluding carboxylic acids is 1. The van der Waals surface area contributed by atoms with Crippen LogP contribution in [0.15, 0.2) is 18.3 Å². The van der Waals surface area contributed by atoms with E-state index in [2.05, 4.69) is 4.98 Å². The third-order valence-electron chi connectivity index (χ3n) is 1.71. The number of esters is 1. The number of unbranched alkanes of at least 4 members (excludes halogenated alkanes) is 1. The molecule has 0 aliphatic heterocycles. The Morgan fingerprint density at radius 1 is 1.64 bits per heavy atom. The van der Waals surface area contributed by atoms with Crippen molar-refractivity contribution in [3.63, 3.8) is 0 Å². The van der Waals surface area contributed by atoms with Gasteiger partial charge in [-0.25, -0.2) is 9.78 Å². The van der Waals surface area contributed by atoms with Gasteiger partial charge in [0.25, 0.3) is 0 Å². The molecule has 1 heterocycles. The number of rotatable bonds is 4. The van der Waals surface area contributed by atoms with E-state index in [-0.39, 0.29) is 11.4 Å². The van der Waals surface area contributed by atoms with Gasteiger partial charge in [0.2, 0.25) is 0 Å². The largest absolute Gasteiger partial charge is 0.505 e. The summed E-state index contributed by atoms with van der Waals surface area (Å²) in [6, 6.07) is 2.96. The van der Waals surface area contributed by atoms with Crippen LogP contribution >= 0.6 is 0 Å². The van der Waals surface area contributed by atoms with Crippen LogP contribution in [0.5, 0.6) is 5.75 Å². The van der Waals surface area contributed by atoms with Crippen LogP contribution in [0.3, 0.4) is 0 Å². The summed E-state index contributed by atoms with van der Waals surface area (Å²) in [5.74, 6) is -0.717. The molecule has 0 spiro atoms. The highest BCUT2D eigenvalue weighted by atomic mass is 16.5. The maximum Gasteiger partial charge on any atom is 0.360 e. The van der Waals surface area contributed by atoms with Crippen molar-refractivity contribution in [2.75, 3.05) is 6.61 Å². The van der Waals surface area contributed by atoms with E-state index in [9.17, 15) is 9.90 Å². The van der Waals surface area contributed by atoms with E-state index in [1.54, 1.807) is 6.07 Å². The smallest absolute Gasteiger partial charge is 0.360 e. The van der Waals surface area contributed by atoms with Gasteiger partial charge in [0.1, 0.15) is 5.75 Å². The molecule has 0 aliphatic carbocycles. The van der Waals surface area contributed by atoms with Gasteiger partial charge in [-0.1, -0.05) is 13.3 Å². The van der Waals surface area contributed by atoms with Crippen molar-refractivity contribution in [1.29, 1.82) is 0 Å². The number of pyridine rings is 1. The van der Waals surface area contributed by atoms with E-state index in [4.69, 9.17) is 4.74 Å². The first kappa shape index (κ1) is 10.5. The van der Waals surface area contributed by atoms with Gasteiger partial charge < -0.3 is 9.84 Å². The van der Waals surface area contributed by atoms with Crippen LogP contribution in [0.4, 0.5) is 0 Å². The van der Waals surface area contributed by atoms with E-state index in [0.717, 1.165) is 12.8 Å². The van der Waals surface area contributed by atoms with Gasteiger partial charge in [-0.15, -0.1) is 0 Å². The summed E-state index contributed by atoms with van der Waals surface area (Å²) < 4.78 is 4.89. The predicted octanol–water partition coefficient (Wildman–Crippen LogP) is 1.74. The molecule has 4 nitrogen and oxygen atoms in total. The number of hydrogen-bond acceptors (Lipinski definition) is 4.